The van der Waals surface area contributed by atoms with Gasteiger partial charge in [-0.05, 0) is 29.8 Å². The number of rotatable bonds is 3. The Balaban J connectivity index is 1.95. The zero-order valence-electron chi connectivity index (χ0n) is 11.0. The molecule has 3 rings (SSSR count). The van der Waals surface area contributed by atoms with Crippen molar-refractivity contribution in [1.82, 2.24) is 5.01 Å². The number of amides is 1. The average Bonchev–Trinajstić information content (AvgIpc) is 3.15. The number of carbonyl (C=O) groups excluding carboxylic acids is 1. The van der Waals surface area contributed by atoms with Crippen LogP contribution in [0, 0.1) is 0 Å². The third kappa shape index (κ3) is 2.82. The molecule has 0 N–H and O–H groups in total. The number of carbonyl (C=O) groups is 1. The molecule has 2 aromatic rings. The van der Waals surface area contributed by atoms with Gasteiger partial charge in [0.2, 0.25) is 0 Å². The molecule has 0 aliphatic carbocycles. The van der Waals surface area contributed by atoms with E-state index < -0.39 is 0 Å². The first-order chi connectivity index (χ1) is 10.2. The number of furan rings is 1. The van der Waals surface area contributed by atoms with Crippen LogP contribution in [0.25, 0.3) is 0 Å². The molecule has 0 radical (unpaired) electrons. The molecule has 21 heavy (non-hydrogen) atoms. The lowest BCUT2D eigenvalue weighted by Gasteiger charge is -2.21. The summed E-state index contributed by atoms with van der Waals surface area (Å²) in [6.45, 7) is 0. The van der Waals surface area contributed by atoms with Gasteiger partial charge < -0.3 is 4.42 Å². The minimum absolute atomic E-state index is 0.119. The van der Waals surface area contributed by atoms with Crippen molar-refractivity contribution >= 4 is 34.8 Å². The lowest BCUT2D eigenvalue weighted by atomic mass is 10.0. The third-order valence-corrected chi connectivity index (χ3v) is 3.78. The van der Waals surface area contributed by atoms with E-state index in [1.54, 1.807) is 18.4 Å². The summed E-state index contributed by atoms with van der Waals surface area (Å²) in [6.07, 6.45) is 2.15. The number of hydrogen-bond acceptors (Lipinski definition) is 3. The zero-order chi connectivity index (χ0) is 14.8. The Bertz CT molecular complexity index is 683. The highest BCUT2D eigenvalue weighted by molar-refractivity contribution is 6.30. The minimum atomic E-state index is -0.247. The second-order valence-corrected chi connectivity index (χ2v) is 5.37. The van der Waals surface area contributed by atoms with Crippen LogP contribution in [0.4, 0.5) is 0 Å². The molecule has 0 saturated heterocycles. The first kappa shape index (κ1) is 14.2. The van der Waals surface area contributed by atoms with E-state index in [9.17, 15) is 4.79 Å². The van der Waals surface area contributed by atoms with E-state index in [-0.39, 0.29) is 17.8 Å². The Labute approximate surface area is 131 Å². The predicted molar refractivity (Wildman–Crippen MR) is 81.6 cm³/mol. The zero-order valence-corrected chi connectivity index (χ0v) is 12.5. The van der Waals surface area contributed by atoms with Crippen molar-refractivity contribution in [2.24, 2.45) is 5.10 Å². The summed E-state index contributed by atoms with van der Waals surface area (Å²) in [5, 5.41) is 6.40. The van der Waals surface area contributed by atoms with Gasteiger partial charge in [0.15, 0.2) is 0 Å². The number of nitrogens with zero attached hydrogens (tertiary/aromatic N) is 2. The summed E-state index contributed by atoms with van der Waals surface area (Å²) >= 11 is 11.7. The molecule has 6 heteroatoms. The van der Waals surface area contributed by atoms with Gasteiger partial charge in [-0.2, -0.15) is 5.10 Å². The summed E-state index contributed by atoms with van der Waals surface area (Å²) in [7, 11) is 0. The summed E-state index contributed by atoms with van der Waals surface area (Å²) in [5.74, 6) is 0.293. The Morgan fingerprint density at radius 1 is 1.38 bits per heavy atom. The molecule has 0 spiro atoms. The molecule has 1 aromatic carbocycles. The van der Waals surface area contributed by atoms with E-state index >= 15 is 0 Å². The van der Waals surface area contributed by atoms with Gasteiger partial charge >= 0.3 is 0 Å². The van der Waals surface area contributed by atoms with E-state index in [4.69, 9.17) is 27.6 Å². The molecule has 1 aliphatic heterocycles. The lowest BCUT2D eigenvalue weighted by Crippen LogP contribution is -2.27. The van der Waals surface area contributed by atoms with Crippen molar-refractivity contribution in [3.8, 4) is 0 Å². The fraction of sp³-hybridized carbons (Fsp3) is 0.200. The van der Waals surface area contributed by atoms with Crippen LogP contribution in [0.5, 0.6) is 0 Å². The Morgan fingerprint density at radius 3 is 2.90 bits per heavy atom. The third-order valence-electron chi connectivity index (χ3n) is 3.32. The predicted octanol–water partition coefficient (Wildman–Crippen LogP) is 3.85. The van der Waals surface area contributed by atoms with Crippen LogP contribution in [0.2, 0.25) is 5.02 Å². The molecular weight excluding hydrogens is 311 g/mol. The van der Waals surface area contributed by atoms with Crippen LogP contribution in [0.1, 0.15) is 23.8 Å². The maximum atomic E-state index is 12.0. The number of alkyl halides is 1. The molecule has 1 aromatic heterocycles. The highest BCUT2D eigenvalue weighted by Crippen LogP contribution is 2.33. The largest absolute Gasteiger partial charge is 0.463 e. The van der Waals surface area contributed by atoms with Gasteiger partial charge in [0.1, 0.15) is 17.4 Å². The molecule has 0 unspecified atom stereocenters. The van der Waals surface area contributed by atoms with Gasteiger partial charge in [0, 0.05) is 11.4 Å². The summed E-state index contributed by atoms with van der Waals surface area (Å²) in [5.41, 5.74) is 1.65. The summed E-state index contributed by atoms with van der Waals surface area (Å²) < 4.78 is 5.36. The number of hydrogen-bond donors (Lipinski definition) is 0. The quantitative estimate of drug-likeness (QED) is 0.806. The Morgan fingerprint density at radius 2 is 2.24 bits per heavy atom. The molecular formula is C15H12Cl2N2O2. The Kier molecular flexibility index (Phi) is 3.99. The first-order valence-electron chi connectivity index (χ1n) is 6.44. The SMILES string of the molecule is O=C(CCl)N1N=C(c2ccco2)C[C@H]1c1cccc(Cl)c1. The molecule has 4 nitrogen and oxygen atoms in total. The van der Waals surface area contributed by atoms with E-state index in [0.717, 1.165) is 11.3 Å². The van der Waals surface area contributed by atoms with Crippen LogP contribution in [0.15, 0.2) is 52.2 Å². The molecule has 108 valence electrons. The highest BCUT2D eigenvalue weighted by atomic mass is 35.5. The lowest BCUT2D eigenvalue weighted by molar-refractivity contribution is -0.130. The van der Waals surface area contributed by atoms with E-state index in [0.29, 0.717) is 17.2 Å². The molecule has 0 saturated carbocycles. The normalized spacial score (nSPS) is 17.9. The highest BCUT2D eigenvalue weighted by Gasteiger charge is 2.33. The van der Waals surface area contributed by atoms with Crippen molar-refractivity contribution in [2.75, 3.05) is 5.88 Å². The second kappa shape index (κ2) is 5.92. The maximum absolute atomic E-state index is 12.0. The van der Waals surface area contributed by atoms with Crippen LogP contribution < -0.4 is 0 Å². The van der Waals surface area contributed by atoms with Gasteiger partial charge in [0.25, 0.3) is 5.91 Å². The fourth-order valence-corrected chi connectivity index (χ4v) is 2.69. The smallest absolute Gasteiger partial charge is 0.258 e. The van der Waals surface area contributed by atoms with E-state index in [1.807, 2.05) is 24.3 Å². The number of hydrazone groups is 1. The van der Waals surface area contributed by atoms with Crippen LogP contribution in [-0.4, -0.2) is 22.5 Å². The van der Waals surface area contributed by atoms with Crippen LogP contribution in [-0.2, 0) is 4.79 Å². The summed E-state index contributed by atoms with van der Waals surface area (Å²) in [4.78, 5) is 12.0. The number of benzene rings is 1. The molecule has 1 atom stereocenters. The van der Waals surface area contributed by atoms with Gasteiger partial charge in [-0.3, -0.25) is 4.79 Å². The van der Waals surface area contributed by atoms with Gasteiger partial charge in [-0.25, -0.2) is 5.01 Å². The monoisotopic (exact) mass is 322 g/mol. The van der Waals surface area contributed by atoms with Crippen LogP contribution >= 0.6 is 23.2 Å². The molecule has 0 fully saturated rings. The standard InChI is InChI=1S/C15H12Cl2N2O2/c16-9-15(20)19-13(10-3-1-4-11(17)7-10)8-12(18-19)14-5-2-6-21-14/h1-7,13H,8-9H2/t13-/m0/s1. The van der Waals surface area contributed by atoms with Crippen molar-refractivity contribution in [1.29, 1.82) is 0 Å². The van der Waals surface area contributed by atoms with Crippen molar-refractivity contribution < 1.29 is 9.21 Å². The minimum Gasteiger partial charge on any atom is -0.463 e. The first-order valence-corrected chi connectivity index (χ1v) is 7.35. The molecule has 0 bridgehead atoms. The van der Waals surface area contributed by atoms with Crippen molar-refractivity contribution in [3.05, 3.63) is 59.0 Å². The fourth-order valence-electron chi connectivity index (χ4n) is 2.37. The van der Waals surface area contributed by atoms with Gasteiger partial charge in [-0.1, -0.05) is 23.7 Å². The summed E-state index contributed by atoms with van der Waals surface area (Å²) in [6, 6.07) is 10.8. The maximum Gasteiger partial charge on any atom is 0.258 e. The van der Waals surface area contributed by atoms with E-state index in [2.05, 4.69) is 5.10 Å². The van der Waals surface area contributed by atoms with Crippen molar-refractivity contribution in [2.45, 2.75) is 12.5 Å². The Hall–Kier alpha value is -1.78. The van der Waals surface area contributed by atoms with Crippen molar-refractivity contribution in [3.63, 3.8) is 0 Å². The average molecular weight is 323 g/mol. The second-order valence-electron chi connectivity index (χ2n) is 4.67. The van der Waals surface area contributed by atoms with E-state index in [1.165, 1.54) is 5.01 Å². The topological polar surface area (TPSA) is 45.8 Å². The van der Waals surface area contributed by atoms with Crippen LogP contribution in [0.3, 0.4) is 0 Å². The molecule has 1 amide bonds. The molecule has 1 aliphatic rings. The van der Waals surface area contributed by atoms with Gasteiger partial charge in [0.05, 0.1) is 12.3 Å². The van der Waals surface area contributed by atoms with Gasteiger partial charge in [-0.15, -0.1) is 11.6 Å². The molecule has 2 heterocycles. The number of halogens is 2.